The number of anilines is 2. The lowest BCUT2D eigenvalue weighted by molar-refractivity contribution is -0.118. The van der Waals surface area contributed by atoms with Crippen LogP contribution in [-0.2, 0) is 9.59 Å². The molecule has 3 aromatic carbocycles. The van der Waals surface area contributed by atoms with Gasteiger partial charge in [-0.05, 0) is 88.5 Å². The molecule has 1 N–H and O–H groups in total. The van der Waals surface area contributed by atoms with Crippen molar-refractivity contribution in [1.29, 1.82) is 0 Å². The third-order valence-corrected chi connectivity index (χ3v) is 6.72. The minimum absolute atomic E-state index is 0.209. The van der Waals surface area contributed by atoms with Crippen molar-refractivity contribution in [3.05, 3.63) is 85.8 Å². The van der Waals surface area contributed by atoms with Crippen LogP contribution in [0.5, 0.6) is 11.5 Å². The maximum absolute atomic E-state index is 12.9. The van der Waals surface area contributed by atoms with Crippen molar-refractivity contribution in [3.8, 4) is 11.5 Å². The van der Waals surface area contributed by atoms with Gasteiger partial charge in [0.2, 0.25) is 0 Å². The van der Waals surface area contributed by atoms with Gasteiger partial charge in [0.15, 0.2) is 18.1 Å². The van der Waals surface area contributed by atoms with E-state index in [9.17, 15) is 14.4 Å². The monoisotopic (exact) mass is 620 g/mol. The van der Waals surface area contributed by atoms with Crippen LogP contribution in [0, 0.1) is 3.57 Å². The van der Waals surface area contributed by atoms with Crippen molar-refractivity contribution in [2.45, 2.75) is 0 Å². The topological polar surface area (TPSA) is 84.9 Å². The molecule has 0 spiro atoms. The average molecular weight is 621 g/mol. The molecule has 10 heteroatoms. The second-order valence-electron chi connectivity index (χ2n) is 7.23. The lowest BCUT2D eigenvalue weighted by atomic mass is 10.1. The van der Waals surface area contributed by atoms with Crippen LogP contribution in [0.4, 0.5) is 16.2 Å². The second kappa shape index (κ2) is 11.1. The van der Waals surface area contributed by atoms with Crippen LogP contribution in [0.3, 0.4) is 0 Å². The van der Waals surface area contributed by atoms with E-state index in [4.69, 9.17) is 21.1 Å². The highest BCUT2D eigenvalue weighted by Gasteiger charge is 2.36. The molecule has 0 saturated carbocycles. The molecule has 1 aliphatic rings. The zero-order valence-corrected chi connectivity index (χ0v) is 22.0. The summed E-state index contributed by atoms with van der Waals surface area (Å²) in [6, 6.07) is 19.1. The summed E-state index contributed by atoms with van der Waals surface area (Å²) in [5.74, 6) is 0.0483. The van der Waals surface area contributed by atoms with Crippen molar-refractivity contribution in [1.82, 2.24) is 0 Å². The fraction of sp³-hybridized carbons (Fsp3) is 0.0800. The van der Waals surface area contributed by atoms with E-state index in [1.807, 2.05) is 18.2 Å². The maximum Gasteiger partial charge on any atom is 0.298 e. The molecule has 0 aromatic heterocycles. The van der Waals surface area contributed by atoms with Crippen LogP contribution in [0.1, 0.15) is 5.56 Å². The van der Waals surface area contributed by atoms with E-state index in [0.717, 1.165) is 16.7 Å². The molecule has 7 nitrogen and oxygen atoms in total. The number of amides is 3. The molecule has 0 aliphatic carbocycles. The number of carbonyl (C=O) groups excluding carboxylic acids is 3. The molecule has 1 saturated heterocycles. The van der Waals surface area contributed by atoms with E-state index in [2.05, 4.69) is 27.9 Å². The van der Waals surface area contributed by atoms with E-state index in [-0.39, 0.29) is 17.4 Å². The SMILES string of the molecule is COc1cc(/C=C2/SC(=O)N(c3cccc(Cl)c3)C2=O)cc(I)c1OCC(=O)Nc1ccccc1. The molecule has 1 heterocycles. The number of thioether (sulfide) groups is 1. The Morgan fingerprint density at radius 2 is 1.89 bits per heavy atom. The second-order valence-corrected chi connectivity index (χ2v) is 9.83. The summed E-state index contributed by atoms with van der Waals surface area (Å²) in [5, 5.41) is 2.78. The largest absolute Gasteiger partial charge is 0.493 e. The third-order valence-electron chi connectivity index (χ3n) is 4.81. The van der Waals surface area contributed by atoms with Crippen molar-refractivity contribution in [2.24, 2.45) is 0 Å². The number of halogens is 2. The molecular weight excluding hydrogens is 603 g/mol. The first-order chi connectivity index (χ1) is 16.9. The van der Waals surface area contributed by atoms with Gasteiger partial charge in [-0.1, -0.05) is 35.9 Å². The summed E-state index contributed by atoms with van der Waals surface area (Å²) in [5.41, 5.74) is 1.72. The van der Waals surface area contributed by atoms with Gasteiger partial charge in [-0.3, -0.25) is 14.4 Å². The summed E-state index contributed by atoms with van der Waals surface area (Å²) >= 11 is 8.93. The molecule has 1 aliphatic heterocycles. The van der Waals surface area contributed by atoms with Crippen molar-refractivity contribution in [2.75, 3.05) is 23.9 Å². The van der Waals surface area contributed by atoms with E-state index in [1.54, 1.807) is 54.6 Å². The summed E-state index contributed by atoms with van der Waals surface area (Å²) in [6.45, 7) is -0.209. The Hall–Kier alpha value is -3.02. The summed E-state index contributed by atoms with van der Waals surface area (Å²) in [6.07, 6.45) is 1.62. The van der Waals surface area contributed by atoms with Gasteiger partial charge in [0.05, 0.1) is 21.3 Å². The Bertz CT molecular complexity index is 1330. The standard InChI is InChI=1S/C25H18ClIN2O5S/c1-33-20-11-15(10-19(27)23(20)34-14-22(30)28-17-7-3-2-4-8-17)12-21-24(31)29(25(32)35-21)18-9-5-6-16(26)13-18/h2-13H,14H2,1H3,(H,28,30)/b21-12+. The number of nitrogens with one attached hydrogen (secondary N) is 1. The van der Waals surface area contributed by atoms with Crippen LogP contribution in [0.2, 0.25) is 5.02 Å². The summed E-state index contributed by atoms with van der Waals surface area (Å²) < 4.78 is 11.9. The smallest absolute Gasteiger partial charge is 0.298 e. The first-order valence-corrected chi connectivity index (χ1v) is 12.5. The molecule has 0 atom stereocenters. The van der Waals surface area contributed by atoms with Gasteiger partial charge in [0.25, 0.3) is 17.1 Å². The number of methoxy groups -OCH3 is 1. The normalized spacial score (nSPS) is 14.4. The number of carbonyl (C=O) groups is 3. The van der Waals surface area contributed by atoms with Crippen LogP contribution in [-0.4, -0.2) is 30.8 Å². The maximum atomic E-state index is 12.9. The Morgan fingerprint density at radius 1 is 1.11 bits per heavy atom. The van der Waals surface area contributed by atoms with Crippen LogP contribution in [0.25, 0.3) is 6.08 Å². The zero-order valence-electron chi connectivity index (χ0n) is 18.3. The third kappa shape index (κ3) is 5.98. The number of nitrogens with zero attached hydrogens (tertiary/aromatic N) is 1. The minimum atomic E-state index is -0.436. The molecule has 3 aromatic rings. The first-order valence-electron chi connectivity index (χ1n) is 10.2. The van der Waals surface area contributed by atoms with Gasteiger partial charge in [0, 0.05) is 10.7 Å². The van der Waals surface area contributed by atoms with Gasteiger partial charge in [0.1, 0.15) is 0 Å². The van der Waals surface area contributed by atoms with Gasteiger partial charge in [-0.25, -0.2) is 4.90 Å². The predicted molar refractivity (Wildman–Crippen MR) is 146 cm³/mol. The number of para-hydroxylation sites is 1. The number of imide groups is 1. The van der Waals surface area contributed by atoms with Crippen LogP contribution in [0.15, 0.2) is 71.6 Å². The first kappa shape index (κ1) is 25.1. The van der Waals surface area contributed by atoms with Crippen molar-refractivity contribution in [3.63, 3.8) is 0 Å². The molecular formula is C25H18ClIN2O5S. The Labute approximate surface area is 224 Å². The average Bonchev–Trinajstić information content (AvgIpc) is 3.11. The summed E-state index contributed by atoms with van der Waals surface area (Å²) in [7, 11) is 1.49. The molecule has 3 amide bonds. The molecule has 1 fully saturated rings. The van der Waals surface area contributed by atoms with Gasteiger partial charge >= 0.3 is 0 Å². The van der Waals surface area contributed by atoms with Gasteiger partial charge < -0.3 is 14.8 Å². The van der Waals surface area contributed by atoms with E-state index in [0.29, 0.717) is 37.0 Å². The molecule has 35 heavy (non-hydrogen) atoms. The van der Waals surface area contributed by atoms with Crippen LogP contribution >= 0.6 is 46.0 Å². The van der Waals surface area contributed by atoms with Crippen LogP contribution < -0.4 is 19.7 Å². The molecule has 178 valence electrons. The summed E-state index contributed by atoms with van der Waals surface area (Å²) in [4.78, 5) is 39.1. The molecule has 4 rings (SSSR count). The van der Waals surface area contributed by atoms with Gasteiger partial charge in [-0.15, -0.1) is 0 Å². The predicted octanol–water partition coefficient (Wildman–Crippen LogP) is 6.21. The Morgan fingerprint density at radius 3 is 2.60 bits per heavy atom. The lowest BCUT2D eigenvalue weighted by Crippen LogP contribution is -2.27. The Kier molecular flexibility index (Phi) is 7.99. The van der Waals surface area contributed by atoms with E-state index >= 15 is 0 Å². The highest BCUT2D eigenvalue weighted by Crippen LogP contribution is 2.39. The molecule has 0 unspecified atom stereocenters. The minimum Gasteiger partial charge on any atom is -0.493 e. The number of hydrogen-bond acceptors (Lipinski definition) is 6. The highest BCUT2D eigenvalue weighted by atomic mass is 127. The highest BCUT2D eigenvalue weighted by molar-refractivity contribution is 14.1. The van der Waals surface area contributed by atoms with Crippen molar-refractivity contribution < 1.29 is 23.9 Å². The Balaban J connectivity index is 1.51. The zero-order chi connectivity index (χ0) is 24.9. The quantitative estimate of drug-likeness (QED) is 0.250. The number of benzene rings is 3. The number of rotatable bonds is 7. The van der Waals surface area contributed by atoms with Gasteiger partial charge in [-0.2, -0.15) is 0 Å². The fourth-order valence-electron chi connectivity index (χ4n) is 3.28. The molecule has 0 radical (unpaired) electrons. The molecule has 0 bridgehead atoms. The van der Waals surface area contributed by atoms with E-state index in [1.165, 1.54) is 7.11 Å². The van der Waals surface area contributed by atoms with Crippen molar-refractivity contribution >= 4 is 80.5 Å². The fourth-order valence-corrected chi connectivity index (χ4v) is 5.08. The lowest BCUT2D eigenvalue weighted by Gasteiger charge is -2.14. The number of hydrogen-bond donors (Lipinski definition) is 1. The van der Waals surface area contributed by atoms with E-state index < -0.39 is 11.1 Å². The number of ether oxygens (including phenoxy) is 2.